The van der Waals surface area contributed by atoms with Gasteiger partial charge in [0, 0.05) is 18.2 Å². The summed E-state index contributed by atoms with van der Waals surface area (Å²) in [5, 5.41) is 11.5. The highest BCUT2D eigenvalue weighted by atomic mass is 16.5. The second-order valence-corrected chi connectivity index (χ2v) is 5.60. The van der Waals surface area contributed by atoms with Gasteiger partial charge in [-0.1, -0.05) is 42.5 Å². The van der Waals surface area contributed by atoms with Crippen LogP contribution in [0.4, 0.5) is 5.82 Å². The number of ether oxygens (including phenoxy) is 1. The maximum Gasteiger partial charge on any atom is 0.256 e. The van der Waals surface area contributed by atoms with Crippen molar-refractivity contribution in [1.29, 1.82) is 0 Å². The van der Waals surface area contributed by atoms with Crippen molar-refractivity contribution in [3.05, 3.63) is 72.6 Å². The molecule has 0 amide bonds. The molecular formula is C19H17N5O. The zero-order valence-electron chi connectivity index (χ0n) is 13.8. The molecule has 0 saturated carbocycles. The molecule has 2 heterocycles. The molecule has 0 bridgehead atoms. The van der Waals surface area contributed by atoms with Crippen LogP contribution in [0.2, 0.25) is 0 Å². The first kappa shape index (κ1) is 15.1. The molecule has 0 aliphatic rings. The van der Waals surface area contributed by atoms with Crippen molar-refractivity contribution in [2.24, 2.45) is 0 Å². The Kier molecular flexibility index (Phi) is 4.00. The molecule has 6 nitrogen and oxygen atoms in total. The lowest BCUT2D eigenvalue weighted by molar-refractivity contribution is 0.414. The van der Waals surface area contributed by atoms with Crippen molar-refractivity contribution < 1.29 is 4.74 Å². The first-order valence-corrected chi connectivity index (χ1v) is 7.96. The van der Waals surface area contributed by atoms with Gasteiger partial charge in [0.15, 0.2) is 0 Å². The molecule has 25 heavy (non-hydrogen) atoms. The highest BCUT2D eigenvalue weighted by molar-refractivity contribution is 5.65. The Labute approximate surface area is 145 Å². The number of aromatic nitrogens is 4. The smallest absolute Gasteiger partial charge is 0.256 e. The summed E-state index contributed by atoms with van der Waals surface area (Å²) in [5.74, 6) is 2.31. The molecule has 0 atom stereocenters. The fourth-order valence-corrected chi connectivity index (χ4v) is 2.64. The minimum absolute atomic E-state index is 0.568. The largest absolute Gasteiger partial charge is 0.497 e. The fraction of sp³-hybridized carbons (Fsp3) is 0.105. The van der Waals surface area contributed by atoms with Gasteiger partial charge in [-0.05, 0) is 17.7 Å². The monoisotopic (exact) mass is 331 g/mol. The molecule has 0 fully saturated rings. The van der Waals surface area contributed by atoms with E-state index in [0.717, 1.165) is 28.4 Å². The molecule has 0 aliphatic carbocycles. The molecular weight excluding hydrogens is 314 g/mol. The molecule has 4 aromatic rings. The van der Waals surface area contributed by atoms with Crippen LogP contribution in [0.1, 0.15) is 5.56 Å². The summed E-state index contributed by atoms with van der Waals surface area (Å²) in [7, 11) is 1.66. The van der Waals surface area contributed by atoms with Crippen LogP contribution in [0, 0.1) is 0 Å². The number of hydrogen-bond donors (Lipinski definition) is 1. The third-order valence-electron chi connectivity index (χ3n) is 3.99. The van der Waals surface area contributed by atoms with Crippen molar-refractivity contribution in [2.75, 3.05) is 12.4 Å². The van der Waals surface area contributed by atoms with Gasteiger partial charge in [0.05, 0.1) is 12.8 Å². The number of benzene rings is 2. The van der Waals surface area contributed by atoms with Crippen molar-refractivity contribution >= 4 is 11.6 Å². The van der Waals surface area contributed by atoms with Crippen molar-refractivity contribution in [3.8, 4) is 17.0 Å². The van der Waals surface area contributed by atoms with Crippen LogP contribution in [0.25, 0.3) is 17.0 Å². The predicted molar refractivity (Wildman–Crippen MR) is 96.5 cm³/mol. The zero-order valence-corrected chi connectivity index (χ0v) is 13.8. The molecule has 0 unspecified atom stereocenters. The molecule has 4 rings (SSSR count). The summed E-state index contributed by atoms with van der Waals surface area (Å²) >= 11 is 0. The minimum Gasteiger partial charge on any atom is -0.497 e. The van der Waals surface area contributed by atoms with Crippen molar-refractivity contribution in [1.82, 2.24) is 19.6 Å². The lowest BCUT2D eigenvalue weighted by atomic mass is 10.1. The van der Waals surface area contributed by atoms with E-state index in [1.807, 2.05) is 65.1 Å². The van der Waals surface area contributed by atoms with Gasteiger partial charge in [0.25, 0.3) is 5.78 Å². The SMILES string of the molecule is COc1ccc(CNc2cc(-c3ccccc3)nc3nncn23)cc1. The van der Waals surface area contributed by atoms with E-state index in [2.05, 4.69) is 20.5 Å². The van der Waals surface area contributed by atoms with Crippen LogP contribution in [0.3, 0.4) is 0 Å². The molecule has 1 N–H and O–H groups in total. The summed E-state index contributed by atoms with van der Waals surface area (Å²) in [6.45, 7) is 0.676. The summed E-state index contributed by atoms with van der Waals surface area (Å²) < 4.78 is 7.04. The number of hydrogen-bond acceptors (Lipinski definition) is 5. The van der Waals surface area contributed by atoms with Gasteiger partial charge in [0.1, 0.15) is 17.9 Å². The van der Waals surface area contributed by atoms with E-state index >= 15 is 0 Å². The van der Waals surface area contributed by atoms with Gasteiger partial charge in [0.2, 0.25) is 0 Å². The second-order valence-electron chi connectivity index (χ2n) is 5.60. The Morgan fingerprint density at radius 3 is 2.60 bits per heavy atom. The quantitative estimate of drug-likeness (QED) is 0.607. The summed E-state index contributed by atoms with van der Waals surface area (Å²) in [5.41, 5.74) is 3.05. The third kappa shape index (κ3) is 3.14. The molecule has 0 spiro atoms. The van der Waals surface area contributed by atoms with Gasteiger partial charge in [-0.15, -0.1) is 10.2 Å². The Bertz CT molecular complexity index is 980. The Morgan fingerprint density at radius 2 is 1.84 bits per heavy atom. The van der Waals surface area contributed by atoms with Crippen LogP contribution in [-0.2, 0) is 6.54 Å². The normalized spacial score (nSPS) is 10.8. The minimum atomic E-state index is 0.568. The maximum atomic E-state index is 5.19. The van der Waals surface area contributed by atoms with Crippen LogP contribution < -0.4 is 10.1 Å². The first-order chi connectivity index (χ1) is 12.3. The fourth-order valence-electron chi connectivity index (χ4n) is 2.64. The van der Waals surface area contributed by atoms with E-state index < -0.39 is 0 Å². The zero-order chi connectivity index (χ0) is 17.1. The predicted octanol–water partition coefficient (Wildman–Crippen LogP) is 3.41. The van der Waals surface area contributed by atoms with Crippen LogP contribution in [0.15, 0.2) is 67.0 Å². The molecule has 2 aromatic carbocycles. The van der Waals surface area contributed by atoms with E-state index in [1.54, 1.807) is 13.4 Å². The van der Waals surface area contributed by atoms with E-state index in [-0.39, 0.29) is 0 Å². The van der Waals surface area contributed by atoms with E-state index in [4.69, 9.17) is 4.74 Å². The molecule has 124 valence electrons. The van der Waals surface area contributed by atoms with Crippen LogP contribution in [-0.4, -0.2) is 26.7 Å². The van der Waals surface area contributed by atoms with E-state index in [9.17, 15) is 0 Å². The molecule has 0 saturated heterocycles. The number of nitrogens with one attached hydrogen (secondary N) is 1. The van der Waals surface area contributed by atoms with Crippen molar-refractivity contribution in [2.45, 2.75) is 6.54 Å². The molecule has 0 radical (unpaired) electrons. The first-order valence-electron chi connectivity index (χ1n) is 7.96. The highest BCUT2D eigenvalue weighted by Crippen LogP contribution is 2.22. The van der Waals surface area contributed by atoms with Gasteiger partial charge in [-0.25, -0.2) is 4.98 Å². The Morgan fingerprint density at radius 1 is 1.04 bits per heavy atom. The standard InChI is InChI=1S/C19H17N5O/c1-25-16-9-7-14(8-10-16)12-20-18-11-17(15-5-3-2-4-6-15)22-19-23-21-13-24(18)19/h2-11,13,20H,12H2,1H3. The highest BCUT2D eigenvalue weighted by Gasteiger charge is 2.08. The van der Waals surface area contributed by atoms with Gasteiger partial charge in [-0.2, -0.15) is 0 Å². The van der Waals surface area contributed by atoms with Gasteiger partial charge < -0.3 is 10.1 Å². The van der Waals surface area contributed by atoms with E-state index in [1.165, 1.54) is 0 Å². The van der Waals surface area contributed by atoms with E-state index in [0.29, 0.717) is 12.3 Å². The maximum absolute atomic E-state index is 5.19. The Balaban J connectivity index is 1.64. The number of methoxy groups -OCH3 is 1. The number of nitrogens with zero attached hydrogens (tertiary/aromatic N) is 4. The molecule has 2 aromatic heterocycles. The average molecular weight is 331 g/mol. The molecule has 0 aliphatic heterocycles. The lowest BCUT2D eigenvalue weighted by Crippen LogP contribution is -2.05. The topological polar surface area (TPSA) is 64.3 Å². The Hall–Kier alpha value is -3.41. The van der Waals surface area contributed by atoms with Gasteiger partial charge in [-0.3, -0.25) is 4.40 Å². The van der Waals surface area contributed by atoms with Crippen molar-refractivity contribution in [3.63, 3.8) is 0 Å². The number of anilines is 1. The second kappa shape index (κ2) is 6.60. The lowest BCUT2D eigenvalue weighted by Gasteiger charge is -2.11. The third-order valence-corrected chi connectivity index (χ3v) is 3.99. The number of fused-ring (bicyclic) bond motifs is 1. The summed E-state index contributed by atoms with van der Waals surface area (Å²) in [6, 6.07) is 20.0. The average Bonchev–Trinajstić information content (AvgIpc) is 3.16. The summed E-state index contributed by atoms with van der Waals surface area (Å²) in [6.07, 6.45) is 1.66. The van der Waals surface area contributed by atoms with Crippen LogP contribution >= 0.6 is 0 Å². The van der Waals surface area contributed by atoms with Crippen LogP contribution in [0.5, 0.6) is 5.75 Å². The molecule has 6 heteroatoms. The van der Waals surface area contributed by atoms with Gasteiger partial charge >= 0.3 is 0 Å². The number of rotatable bonds is 5. The summed E-state index contributed by atoms with van der Waals surface area (Å²) in [4.78, 5) is 4.58.